The number of benzene rings is 1. The summed E-state index contributed by atoms with van der Waals surface area (Å²) in [4.78, 5) is 15.8. The number of carbonyl (C=O) groups is 1. The van der Waals surface area contributed by atoms with Crippen LogP contribution in [0.15, 0.2) is 24.3 Å². The number of carboxylic acids is 1. The maximum Gasteiger partial charge on any atom is 0.335 e. The molecule has 0 saturated carbocycles. The van der Waals surface area contributed by atoms with E-state index in [0.717, 1.165) is 23.7 Å². The molecule has 110 valence electrons. The lowest BCUT2D eigenvalue weighted by molar-refractivity contribution is 0.0697. The highest BCUT2D eigenvalue weighted by Crippen LogP contribution is 2.37. The van der Waals surface area contributed by atoms with Crippen molar-refractivity contribution in [3.8, 4) is 0 Å². The third-order valence-electron chi connectivity index (χ3n) is 4.65. The lowest BCUT2D eigenvalue weighted by Gasteiger charge is -2.34. The molecule has 0 fully saturated rings. The summed E-state index contributed by atoms with van der Waals surface area (Å²) in [5.74, 6) is -0.228. The molecule has 0 radical (unpaired) electrons. The maximum absolute atomic E-state index is 11.1. The number of hydrogen-bond donors (Lipinski definition) is 1. The topological polar surface area (TPSA) is 50.2 Å². The van der Waals surface area contributed by atoms with E-state index >= 15 is 0 Å². The first-order valence-corrected chi connectivity index (χ1v) is 7.50. The second-order valence-electron chi connectivity index (χ2n) is 7.11. The van der Waals surface area contributed by atoms with Gasteiger partial charge in [0.1, 0.15) is 0 Å². The Kier molecular flexibility index (Phi) is 3.23. The van der Waals surface area contributed by atoms with Gasteiger partial charge in [0.15, 0.2) is 0 Å². The van der Waals surface area contributed by atoms with E-state index < -0.39 is 5.97 Å². The van der Waals surface area contributed by atoms with Crippen molar-refractivity contribution >= 4 is 16.9 Å². The minimum absolute atomic E-state index is 0.301. The van der Waals surface area contributed by atoms with Crippen LogP contribution in [0.4, 0.5) is 0 Å². The second kappa shape index (κ2) is 4.83. The number of aryl methyl sites for hydroxylation is 1. The summed E-state index contributed by atoms with van der Waals surface area (Å²) in [6, 6.07) is 7.31. The monoisotopic (exact) mass is 283 g/mol. The van der Waals surface area contributed by atoms with Crippen LogP contribution in [-0.2, 0) is 12.8 Å². The molecule has 1 aromatic heterocycles. The summed E-state index contributed by atoms with van der Waals surface area (Å²) >= 11 is 0. The summed E-state index contributed by atoms with van der Waals surface area (Å²) in [7, 11) is 0. The fourth-order valence-corrected chi connectivity index (χ4v) is 3.20. The molecule has 0 bridgehead atoms. The van der Waals surface area contributed by atoms with Gasteiger partial charge in [-0.15, -0.1) is 0 Å². The normalized spacial score (nSPS) is 18.5. The van der Waals surface area contributed by atoms with Gasteiger partial charge in [-0.3, -0.25) is 4.98 Å². The molecule has 0 amide bonds. The number of hydrogen-bond acceptors (Lipinski definition) is 2. The van der Waals surface area contributed by atoms with Gasteiger partial charge in [-0.25, -0.2) is 4.79 Å². The number of aromatic nitrogens is 1. The van der Waals surface area contributed by atoms with Gasteiger partial charge in [0.25, 0.3) is 0 Å². The molecule has 1 aromatic carbocycles. The minimum atomic E-state index is -0.887. The van der Waals surface area contributed by atoms with Crippen LogP contribution in [0.3, 0.4) is 0 Å². The van der Waals surface area contributed by atoms with Crippen LogP contribution in [-0.4, -0.2) is 16.1 Å². The van der Waals surface area contributed by atoms with Crippen LogP contribution in [0.1, 0.15) is 48.8 Å². The molecule has 21 heavy (non-hydrogen) atoms. The number of carboxylic acid groups (broad SMARTS) is 1. The lowest BCUT2D eigenvalue weighted by Crippen LogP contribution is -2.27. The predicted molar refractivity (Wildman–Crippen MR) is 83.7 cm³/mol. The smallest absolute Gasteiger partial charge is 0.335 e. The molecule has 1 aliphatic rings. The molecule has 1 heterocycles. The van der Waals surface area contributed by atoms with Crippen LogP contribution < -0.4 is 0 Å². The van der Waals surface area contributed by atoms with Gasteiger partial charge < -0.3 is 5.11 Å². The third kappa shape index (κ3) is 2.65. The van der Waals surface area contributed by atoms with Crippen molar-refractivity contribution in [3.63, 3.8) is 0 Å². The van der Waals surface area contributed by atoms with Gasteiger partial charge >= 0.3 is 5.97 Å². The number of nitrogens with zero attached hydrogens (tertiary/aromatic N) is 1. The van der Waals surface area contributed by atoms with E-state index in [1.807, 2.05) is 6.07 Å². The second-order valence-corrected chi connectivity index (χ2v) is 7.11. The highest BCUT2D eigenvalue weighted by atomic mass is 16.4. The molecule has 0 spiro atoms. The van der Waals surface area contributed by atoms with Crippen molar-refractivity contribution in [2.45, 2.75) is 40.0 Å². The van der Waals surface area contributed by atoms with Crippen molar-refractivity contribution in [3.05, 3.63) is 41.1 Å². The van der Waals surface area contributed by atoms with E-state index in [1.54, 1.807) is 12.1 Å². The molecule has 1 atom stereocenters. The average Bonchev–Trinajstić information content (AvgIpc) is 2.42. The Bertz CT molecular complexity index is 713. The summed E-state index contributed by atoms with van der Waals surface area (Å²) in [6.07, 6.45) is 3.25. The molecular formula is C18H21NO2. The van der Waals surface area contributed by atoms with Gasteiger partial charge in [-0.05, 0) is 60.4 Å². The molecule has 1 unspecified atom stereocenters. The zero-order valence-electron chi connectivity index (χ0n) is 12.8. The molecule has 0 saturated heterocycles. The molecule has 1 aliphatic carbocycles. The Hall–Kier alpha value is -1.90. The molecule has 3 rings (SSSR count). The third-order valence-corrected chi connectivity index (χ3v) is 4.65. The molecule has 1 N–H and O–H groups in total. The van der Waals surface area contributed by atoms with Gasteiger partial charge in [0.2, 0.25) is 0 Å². The van der Waals surface area contributed by atoms with Crippen molar-refractivity contribution < 1.29 is 9.90 Å². The minimum Gasteiger partial charge on any atom is -0.478 e. The largest absolute Gasteiger partial charge is 0.478 e. The van der Waals surface area contributed by atoms with Crippen molar-refractivity contribution in [2.75, 3.05) is 0 Å². The Morgan fingerprint density at radius 2 is 2.05 bits per heavy atom. The predicted octanol–water partition coefficient (Wildman–Crippen LogP) is 4.08. The van der Waals surface area contributed by atoms with Crippen LogP contribution in [0.2, 0.25) is 0 Å². The zero-order valence-corrected chi connectivity index (χ0v) is 12.8. The van der Waals surface area contributed by atoms with Crippen LogP contribution >= 0.6 is 0 Å². The lowest BCUT2D eigenvalue weighted by atomic mass is 9.71. The Balaban J connectivity index is 2.04. The molecule has 3 nitrogen and oxygen atoms in total. The zero-order chi connectivity index (χ0) is 15.2. The first kappa shape index (κ1) is 14.1. The van der Waals surface area contributed by atoms with E-state index in [9.17, 15) is 4.79 Å². The standard InChI is InChI=1S/C18H21NO2/c1-18(2,3)14-5-7-16-13(10-14)9-12-8-11(17(20)21)4-6-15(12)19-16/h4,6,8-9,14H,5,7,10H2,1-3H3,(H,20,21). The number of fused-ring (bicyclic) bond motifs is 2. The summed E-state index contributed by atoms with van der Waals surface area (Å²) < 4.78 is 0. The Morgan fingerprint density at radius 1 is 1.29 bits per heavy atom. The number of rotatable bonds is 1. The van der Waals surface area contributed by atoms with E-state index in [4.69, 9.17) is 10.1 Å². The van der Waals surface area contributed by atoms with E-state index in [0.29, 0.717) is 16.9 Å². The summed E-state index contributed by atoms with van der Waals surface area (Å²) in [5, 5.41) is 10.0. The van der Waals surface area contributed by atoms with Crippen LogP contribution in [0.25, 0.3) is 10.9 Å². The van der Waals surface area contributed by atoms with E-state index in [2.05, 4.69) is 26.8 Å². The van der Waals surface area contributed by atoms with Gasteiger partial charge in [-0.2, -0.15) is 0 Å². The van der Waals surface area contributed by atoms with Gasteiger partial charge in [0, 0.05) is 11.1 Å². The first-order valence-electron chi connectivity index (χ1n) is 7.50. The first-order chi connectivity index (χ1) is 9.84. The van der Waals surface area contributed by atoms with Gasteiger partial charge in [0.05, 0.1) is 11.1 Å². The fourth-order valence-electron chi connectivity index (χ4n) is 3.20. The Morgan fingerprint density at radius 3 is 2.71 bits per heavy atom. The molecule has 0 aliphatic heterocycles. The fraction of sp³-hybridized carbons (Fsp3) is 0.444. The molecule has 3 heteroatoms. The van der Waals surface area contributed by atoms with Crippen LogP contribution in [0, 0.1) is 11.3 Å². The van der Waals surface area contributed by atoms with Crippen LogP contribution in [0.5, 0.6) is 0 Å². The quantitative estimate of drug-likeness (QED) is 0.857. The maximum atomic E-state index is 11.1. The highest BCUT2D eigenvalue weighted by molar-refractivity contribution is 5.93. The van der Waals surface area contributed by atoms with Crippen molar-refractivity contribution in [1.82, 2.24) is 4.98 Å². The SMILES string of the molecule is CC(C)(C)C1CCc2nc3ccc(C(=O)O)cc3cc2C1. The average molecular weight is 283 g/mol. The van der Waals surface area contributed by atoms with Crippen molar-refractivity contribution in [1.29, 1.82) is 0 Å². The van der Waals surface area contributed by atoms with E-state index in [1.165, 1.54) is 17.7 Å². The Labute approximate surface area is 125 Å². The molecular weight excluding hydrogens is 262 g/mol. The molecule has 2 aromatic rings. The van der Waals surface area contributed by atoms with Gasteiger partial charge in [-0.1, -0.05) is 20.8 Å². The summed E-state index contributed by atoms with van der Waals surface area (Å²) in [6.45, 7) is 6.87. The van der Waals surface area contributed by atoms with Crippen molar-refractivity contribution in [2.24, 2.45) is 11.3 Å². The number of pyridine rings is 1. The highest BCUT2D eigenvalue weighted by Gasteiger charge is 2.29. The summed E-state index contributed by atoms with van der Waals surface area (Å²) in [5.41, 5.74) is 4.00. The van der Waals surface area contributed by atoms with E-state index in [-0.39, 0.29) is 0 Å². The number of aromatic carboxylic acids is 1.